The number of aromatic nitrogens is 2. The van der Waals surface area contributed by atoms with Crippen molar-refractivity contribution >= 4 is 28.2 Å². The first kappa shape index (κ1) is 8.69. The van der Waals surface area contributed by atoms with Gasteiger partial charge in [0.15, 0.2) is 10.8 Å². The zero-order valence-corrected chi connectivity index (χ0v) is 7.50. The summed E-state index contributed by atoms with van der Waals surface area (Å²) in [6.07, 6.45) is 1.54. The third kappa shape index (κ3) is 1.23. The minimum absolute atomic E-state index is 0.115. The van der Waals surface area contributed by atoms with Crippen molar-refractivity contribution in [3.05, 3.63) is 6.33 Å². The lowest BCUT2D eigenvalue weighted by Crippen LogP contribution is -2.33. The highest BCUT2D eigenvalue weighted by atomic mass is 32.2. The molecule has 0 fully saturated rings. The van der Waals surface area contributed by atoms with Gasteiger partial charge in [-0.2, -0.15) is 8.42 Å². The second-order valence-corrected chi connectivity index (χ2v) is 3.92. The summed E-state index contributed by atoms with van der Waals surface area (Å²) in [6.45, 7) is 0. The third-order valence-electron chi connectivity index (χ3n) is 1.51. The first-order chi connectivity index (χ1) is 6.63. The Bertz CT molecular complexity index is 501. The van der Waals surface area contributed by atoms with Gasteiger partial charge < -0.3 is 10.3 Å². The number of nitrogens with zero attached hydrogens (tertiary/aromatic N) is 2. The van der Waals surface area contributed by atoms with Gasteiger partial charge in [0, 0.05) is 0 Å². The SMILES string of the molecule is O=CNC1=NS(=O)(=O)c2[nH]cnc2N1. The maximum atomic E-state index is 11.4. The van der Waals surface area contributed by atoms with E-state index < -0.39 is 10.0 Å². The van der Waals surface area contributed by atoms with Crippen molar-refractivity contribution in [1.29, 1.82) is 0 Å². The molecule has 0 saturated carbocycles. The average Bonchev–Trinajstić information content (AvgIpc) is 2.52. The van der Waals surface area contributed by atoms with Gasteiger partial charge in [-0.3, -0.25) is 10.1 Å². The van der Waals surface area contributed by atoms with Crippen LogP contribution in [0.3, 0.4) is 0 Å². The number of aromatic amines is 1. The molecule has 74 valence electrons. The summed E-state index contributed by atoms with van der Waals surface area (Å²) in [4.78, 5) is 16.2. The lowest BCUT2D eigenvalue weighted by Gasteiger charge is -2.11. The Hall–Kier alpha value is -1.90. The van der Waals surface area contributed by atoms with Crippen molar-refractivity contribution in [2.75, 3.05) is 5.32 Å². The highest BCUT2D eigenvalue weighted by molar-refractivity contribution is 7.90. The van der Waals surface area contributed by atoms with Crippen molar-refractivity contribution in [3.63, 3.8) is 0 Å². The van der Waals surface area contributed by atoms with Crippen molar-refractivity contribution in [2.45, 2.75) is 5.03 Å². The molecule has 1 aliphatic heterocycles. The average molecular weight is 215 g/mol. The van der Waals surface area contributed by atoms with E-state index in [1.165, 1.54) is 6.33 Å². The number of nitrogens with one attached hydrogen (secondary N) is 3. The highest BCUT2D eigenvalue weighted by Crippen LogP contribution is 2.21. The fraction of sp³-hybridized carbons (Fsp3) is 0. The van der Waals surface area contributed by atoms with Crippen LogP contribution in [0.25, 0.3) is 0 Å². The molecular formula is C5H5N5O3S. The van der Waals surface area contributed by atoms with Gasteiger partial charge in [0.05, 0.1) is 6.33 Å². The largest absolute Gasteiger partial charge is 0.332 e. The molecule has 0 radical (unpaired) electrons. The summed E-state index contributed by atoms with van der Waals surface area (Å²) in [6, 6.07) is 0. The molecule has 3 N–H and O–H groups in total. The number of sulfonamides is 1. The Balaban J connectivity index is 2.51. The van der Waals surface area contributed by atoms with E-state index in [-0.39, 0.29) is 16.8 Å². The number of rotatable bonds is 1. The summed E-state index contributed by atoms with van der Waals surface area (Å²) in [7, 11) is -3.78. The van der Waals surface area contributed by atoms with Gasteiger partial charge in [0.1, 0.15) is 0 Å². The van der Waals surface area contributed by atoms with E-state index in [1.54, 1.807) is 0 Å². The van der Waals surface area contributed by atoms with E-state index in [4.69, 9.17) is 0 Å². The van der Waals surface area contributed by atoms with Gasteiger partial charge in [0.2, 0.25) is 12.4 Å². The van der Waals surface area contributed by atoms with Gasteiger partial charge in [-0.15, -0.1) is 4.40 Å². The Morgan fingerprint density at radius 1 is 1.50 bits per heavy atom. The lowest BCUT2D eigenvalue weighted by atomic mass is 10.7. The number of hydrogen-bond donors (Lipinski definition) is 3. The minimum Gasteiger partial charge on any atom is -0.332 e. The molecule has 1 amide bonds. The number of hydrogen-bond acceptors (Lipinski definition) is 5. The van der Waals surface area contributed by atoms with E-state index >= 15 is 0 Å². The molecule has 0 unspecified atom stereocenters. The molecule has 8 nitrogen and oxygen atoms in total. The van der Waals surface area contributed by atoms with Crippen LogP contribution in [0.2, 0.25) is 0 Å². The number of guanidine groups is 1. The first-order valence-corrected chi connectivity index (χ1v) is 4.93. The van der Waals surface area contributed by atoms with Gasteiger partial charge in [-0.05, 0) is 0 Å². The molecule has 1 aliphatic rings. The second kappa shape index (κ2) is 2.80. The van der Waals surface area contributed by atoms with E-state index in [0.717, 1.165) is 0 Å². The Morgan fingerprint density at radius 2 is 2.29 bits per heavy atom. The molecule has 0 spiro atoms. The predicted molar refractivity (Wildman–Crippen MR) is 46.0 cm³/mol. The monoisotopic (exact) mass is 215 g/mol. The quantitative estimate of drug-likeness (QED) is 0.499. The second-order valence-electron chi connectivity index (χ2n) is 2.38. The molecule has 0 aliphatic carbocycles. The van der Waals surface area contributed by atoms with Crippen molar-refractivity contribution in [1.82, 2.24) is 15.3 Å². The molecular weight excluding hydrogens is 210 g/mol. The van der Waals surface area contributed by atoms with E-state index in [0.29, 0.717) is 6.41 Å². The van der Waals surface area contributed by atoms with Gasteiger partial charge in [-0.25, -0.2) is 4.98 Å². The number of carbonyl (C=O) groups excluding carboxylic acids is 1. The third-order valence-corrected chi connectivity index (χ3v) is 2.76. The fourth-order valence-electron chi connectivity index (χ4n) is 0.987. The maximum Gasteiger partial charge on any atom is 0.304 e. The van der Waals surface area contributed by atoms with Gasteiger partial charge >= 0.3 is 10.0 Å². The molecule has 1 aromatic rings. The van der Waals surface area contributed by atoms with Crippen LogP contribution >= 0.6 is 0 Å². The van der Waals surface area contributed by atoms with E-state index in [1.807, 2.05) is 0 Å². The van der Waals surface area contributed by atoms with Crippen LogP contribution < -0.4 is 10.6 Å². The van der Waals surface area contributed by atoms with Gasteiger partial charge in [-0.1, -0.05) is 0 Å². The number of fused-ring (bicyclic) bond motifs is 1. The summed E-state index contributed by atoms with van der Waals surface area (Å²) < 4.78 is 26.0. The summed E-state index contributed by atoms with van der Waals surface area (Å²) in [5, 5.41) is 4.50. The summed E-state index contributed by atoms with van der Waals surface area (Å²) >= 11 is 0. The zero-order chi connectivity index (χ0) is 10.2. The highest BCUT2D eigenvalue weighted by Gasteiger charge is 2.27. The maximum absolute atomic E-state index is 11.4. The van der Waals surface area contributed by atoms with E-state index in [2.05, 4.69) is 25.0 Å². The van der Waals surface area contributed by atoms with Crippen molar-refractivity contribution in [2.24, 2.45) is 4.40 Å². The lowest BCUT2D eigenvalue weighted by molar-refractivity contribution is -0.108. The molecule has 2 rings (SSSR count). The number of amides is 1. The fourth-order valence-corrected chi connectivity index (χ4v) is 1.97. The predicted octanol–water partition coefficient (Wildman–Crippen LogP) is -1.37. The molecule has 0 saturated heterocycles. The molecule has 14 heavy (non-hydrogen) atoms. The summed E-state index contributed by atoms with van der Waals surface area (Å²) in [5.74, 6) is -0.0519. The molecule has 0 bridgehead atoms. The Kier molecular flexibility index (Phi) is 1.74. The van der Waals surface area contributed by atoms with E-state index in [9.17, 15) is 13.2 Å². The molecule has 9 heteroatoms. The normalized spacial score (nSPS) is 17.6. The van der Waals surface area contributed by atoms with Crippen LogP contribution in [0.4, 0.5) is 5.82 Å². The Morgan fingerprint density at radius 3 is 3.00 bits per heavy atom. The van der Waals surface area contributed by atoms with Crippen LogP contribution in [0.5, 0.6) is 0 Å². The molecule has 0 atom stereocenters. The van der Waals surface area contributed by atoms with Crippen LogP contribution in [-0.2, 0) is 14.8 Å². The van der Waals surface area contributed by atoms with Crippen LogP contribution in [0.1, 0.15) is 0 Å². The zero-order valence-electron chi connectivity index (χ0n) is 6.68. The van der Waals surface area contributed by atoms with Crippen LogP contribution in [-0.4, -0.2) is 30.8 Å². The number of anilines is 1. The number of carbonyl (C=O) groups is 1. The molecule has 2 heterocycles. The van der Waals surface area contributed by atoms with Crippen LogP contribution in [0, 0.1) is 0 Å². The van der Waals surface area contributed by atoms with Crippen LogP contribution in [0.15, 0.2) is 15.8 Å². The van der Waals surface area contributed by atoms with Crippen molar-refractivity contribution < 1.29 is 13.2 Å². The smallest absolute Gasteiger partial charge is 0.304 e. The topological polar surface area (TPSA) is 116 Å². The number of H-pyrrole nitrogens is 1. The first-order valence-electron chi connectivity index (χ1n) is 3.49. The van der Waals surface area contributed by atoms with Crippen molar-refractivity contribution in [3.8, 4) is 0 Å². The molecule has 1 aromatic heterocycles. The minimum atomic E-state index is -3.78. The standard InChI is InChI=1S/C5H5N5O3S/c11-2-8-5-9-3-4(7-1-6-3)14(12,13)10-5/h1-2H,(H,6,7)(H2,8,9,10,11). The van der Waals surface area contributed by atoms with Gasteiger partial charge in [0.25, 0.3) is 0 Å². The molecule has 0 aromatic carbocycles. The number of imidazole rings is 1. The summed E-state index contributed by atoms with van der Waals surface area (Å²) in [5.41, 5.74) is 0. The Labute approximate surface area is 78.5 Å².